The van der Waals surface area contributed by atoms with E-state index >= 15 is 0 Å². The number of rotatable bonds is 9. The third kappa shape index (κ3) is 7.90. The standard InChI is InChI=1S/C22H25N3O6/c1-16(24-30-21(28)17-10-4-2-5-11-17)25(15-9-8-14-19(23)20(26)27)31-22(29)18-12-6-3-7-13-18/h2-7,10-13,19H,8-9,14-15,23H2,1H3,(H,26,27). The molecule has 0 heterocycles. The quantitative estimate of drug-likeness (QED) is 0.205. The normalized spacial score (nSPS) is 12.0. The monoisotopic (exact) mass is 427 g/mol. The van der Waals surface area contributed by atoms with Crippen molar-refractivity contribution in [3.63, 3.8) is 0 Å². The fraction of sp³-hybridized carbons (Fsp3) is 0.273. The number of nitrogens with zero attached hydrogens (tertiary/aromatic N) is 2. The number of benzene rings is 2. The van der Waals surface area contributed by atoms with Crippen LogP contribution in [0.5, 0.6) is 0 Å². The van der Waals surface area contributed by atoms with Gasteiger partial charge in [0.25, 0.3) is 0 Å². The molecule has 0 aliphatic heterocycles. The van der Waals surface area contributed by atoms with Crippen molar-refractivity contribution in [3.8, 4) is 0 Å². The molecule has 1 atom stereocenters. The first-order chi connectivity index (χ1) is 14.9. The maximum atomic E-state index is 12.4. The zero-order valence-corrected chi connectivity index (χ0v) is 17.1. The molecule has 3 N–H and O–H groups in total. The van der Waals surface area contributed by atoms with E-state index in [1.165, 1.54) is 12.0 Å². The van der Waals surface area contributed by atoms with E-state index in [4.69, 9.17) is 20.5 Å². The van der Waals surface area contributed by atoms with Gasteiger partial charge < -0.3 is 20.5 Å². The van der Waals surface area contributed by atoms with Crippen LogP contribution in [0.15, 0.2) is 65.8 Å². The lowest BCUT2D eigenvalue weighted by Gasteiger charge is -2.22. The highest BCUT2D eigenvalue weighted by molar-refractivity contribution is 5.91. The van der Waals surface area contributed by atoms with Gasteiger partial charge in [-0.15, -0.1) is 0 Å². The molecule has 0 spiro atoms. The highest BCUT2D eigenvalue weighted by atomic mass is 16.7. The Bertz CT molecular complexity index is 902. The number of carboxylic acid groups (broad SMARTS) is 1. The Balaban J connectivity index is 2.03. The van der Waals surface area contributed by atoms with Gasteiger partial charge in [0.05, 0.1) is 17.7 Å². The molecule has 0 aliphatic carbocycles. The van der Waals surface area contributed by atoms with Crippen molar-refractivity contribution in [3.05, 3.63) is 71.8 Å². The van der Waals surface area contributed by atoms with Crippen LogP contribution in [0.3, 0.4) is 0 Å². The van der Waals surface area contributed by atoms with Crippen LogP contribution in [-0.4, -0.2) is 46.5 Å². The molecule has 0 bridgehead atoms. The highest BCUT2D eigenvalue weighted by Crippen LogP contribution is 2.09. The summed E-state index contributed by atoms with van der Waals surface area (Å²) in [5, 5.41) is 13.9. The minimum Gasteiger partial charge on any atom is -0.480 e. The average molecular weight is 427 g/mol. The molecule has 0 amide bonds. The number of carbonyl (C=O) groups excluding carboxylic acids is 2. The van der Waals surface area contributed by atoms with Crippen molar-refractivity contribution in [2.24, 2.45) is 10.9 Å². The molecule has 0 fully saturated rings. The highest BCUT2D eigenvalue weighted by Gasteiger charge is 2.18. The van der Waals surface area contributed by atoms with Crippen LogP contribution in [-0.2, 0) is 14.5 Å². The second kappa shape index (κ2) is 12.1. The van der Waals surface area contributed by atoms with Gasteiger partial charge in [-0.05, 0) is 43.5 Å². The van der Waals surface area contributed by atoms with E-state index in [0.29, 0.717) is 24.0 Å². The Hall–Kier alpha value is -3.72. The Kier molecular flexibility index (Phi) is 9.18. The fourth-order valence-corrected chi connectivity index (χ4v) is 2.52. The number of nitrogens with two attached hydrogens (primary N) is 1. The van der Waals surface area contributed by atoms with Crippen molar-refractivity contribution >= 4 is 23.7 Å². The molecule has 2 rings (SSSR count). The van der Waals surface area contributed by atoms with E-state index in [1.54, 1.807) is 60.7 Å². The predicted molar refractivity (Wildman–Crippen MR) is 113 cm³/mol. The molecule has 2 aromatic carbocycles. The van der Waals surface area contributed by atoms with E-state index in [1.807, 2.05) is 0 Å². The van der Waals surface area contributed by atoms with Crippen LogP contribution >= 0.6 is 0 Å². The van der Waals surface area contributed by atoms with Crippen LogP contribution in [0, 0.1) is 0 Å². The molecule has 0 aliphatic rings. The Morgan fingerprint density at radius 3 is 2.06 bits per heavy atom. The Morgan fingerprint density at radius 1 is 0.968 bits per heavy atom. The zero-order valence-electron chi connectivity index (χ0n) is 17.1. The van der Waals surface area contributed by atoms with Gasteiger partial charge in [0.1, 0.15) is 6.04 Å². The summed E-state index contributed by atoms with van der Waals surface area (Å²) in [5.74, 6) is -2.18. The first-order valence-electron chi connectivity index (χ1n) is 9.72. The third-order valence-electron chi connectivity index (χ3n) is 4.28. The van der Waals surface area contributed by atoms with E-state index in [-0.39, 0.29) is 18.8 Å². The fourth-order valence-electron chi connectivity index (χ4n) is 2.52. The summed E-state index contributed by atoms with van der Waals surface area (Å²) in [4.78, 5) is 45.7. The maximum absolute atomic E-state index is 12.4. The van der Waals surface area contributed by atoms with Gasteiger partial charge in [0, 0.05) is 6.92 Å². The summed E-state index contributed by atoms with van der Waals surface area (Å²) in [6.45, 7) is 1.74. The summed E-state index contributed by atoms with van der Waals surface area (Å²) in [6, 6.07) is 15.8. The molecule has 1 unspecified atom stereocenters. The molecule has 9 nitrogen and oxygen atoms in total. The van der Waals surface area contributed by atoms with Crippen LogP contribution in [0.4, 0.5) is 0 Å². The lowest BCUT2D eigenvalue weighted by atomic mass is 10.1. The number of hydrogen-bond acceptors (Lipinski definition) is 7. The van der Waals surface area contributed by atoms with Crippen molar-refractivity contribution in [2.45, 2.75) is 32.2 Å². The van der Waals surface area contributed by atoms with Crippen LogP contribution in [0.2, 0.25) is 0 Å². The molecule has 0 saturated carbocycles. The smallest absolute Gasteiger partial charge is 0.365 e. The van der Waals surface area contributed by atoms with Gasteiger partial charge in [-0.3, -0.25) is 4.79 Å². The van der Waals surface area contributed by atoms with Crippen LogP contribution in [0.25, 0.3) is 0 Å². The van der Waals surface area contributed by atoms with Gasteiger partial charge in [0.2, 0.25) is 0 Å². The van der Waals surface area contributed by atoms with E-state index < -0.39 is 23.9 Å². The second-order valence-electron chi connectivity index (χ2n) is 6.67. The third-order valence-corrected chi connectivity index (χ3v) is 4.28. The number of oxime groups is 1. The minimum atomic E-state index is -1.07. The Labute approximate surface area is 180 Å². The van der Waals surface area contributed by atoms with Crippen molar-refractivity contribution in [1.82, 2.24) is 5.06 Å². The Morgan fingerprint density at radius 2 is 1.52 bits per heavy atom. The van der Waals surface area contributed by atoms with Crippen molar-refractivity contribution < 1.29 is 29.2 Å². The zero-order chi connectivity index (χ0) is 22.6. The molecule has 31 heavy (non-hydrogen) atoms. The molecule has 9 heteroatoms. The van der Waals surface area contributed by atoms with Gasteiger partial charge in [-0.25, -0.2) is 9.59 Å². The lowest BCUT2D eigenvalue weighted by molar-refractivity contribution is -0.138. The van der Waals surface area contributed by atoms with Crippen molar-refractivity contribution in [1.29, 1.82) is 0 Å². The number of carbonyl (C=O) groups is 3. The van der Waals surface area contributed by atoms with Crippen LogP contribution in [0.1, 0.15) is 46.9 Å². The number of hydrogen-bond donors (Lipinski definition) is 2. The number of hydroxylamine groups is 2. The van der Waals surface area contributed by atoms with Crippen molar-refractivity contribution in [2.75, 3.05) is 6.54 Å². The SMILES string of the molecule is CC(=NOC(=O)c1ccccc1)N(CCCCC(N)C(=O)O)OC(=O)c1ccccc1. The molecule has 0 saturated heterocycles. The van der Waals surface area contributed by atoms with Gasteiger partial charge in [0.15, 0.2) is 5.84 Å². The lowest BCUT2D eigenvalue weighted by Crippen LogP contribution is -2.34. The largest absolute Gasteiger partial charge is 0.480 e. The predicted octanol–water partition coefficient (Wildman–Crippen LogP) is 2.83. The number of amidine groups is 1. The average Bonchev–Trinajstić information content (AvgIpc) is 2.79. The summed E-state index contributed by atoms with van der Waals surface area (Å²) in [7, 11) is 0. The van der Waals surface area contributed by atoms with E-state index in [9.17, 15) is 14.4 Å². The number of unbranched alkanes of at least 4 members (excludes halogenated alkanes) is 1. The second-order valence-corrected chi connectivity index (χ2v) is 6.67. The van der Waals surface area contributed by atoms with Crippen LogP contribution < -0.4 is 5.73 Å². The minimum absolute atomic E-state index is 0.149. The first kappa shape index (κ1) is 23.6. The van der Waals surface area contributed by atoms with E-state index in [0.717, 1.165) is 0 Å². The first-order valence-corrected chi connectivity index (χ1v) is 9.72. The summed E-state index contributed by atoms with van der Waals surface area (Å²) >= 11 is 0. The molecule has 0 aromatic heterocycles. The molecule has 164 valence electrons. The summed E-state index contributed by atoms with van der Waals surface area (Å²) in [5.41, 5.74) is 6.18. The molecular formula is C22H25N3O6. The summed E-state index contributed by atoms with van der Waals surface area (Å²) in [6.07, 6.45) is 1.24. The number of carboxylic acids is 1. The van der Waals surface area contributed by atoms with Gasteiger partial charge >= 0.3 is 17.9 Å². The number of aliphatic carboxylic acids is 1. The topological polar surface area (TPSA) is 132 Å². The van der Waals surface area contributed by atoms with Gasteiger partial charge in [-0.1, -0.05) is 41.6 Å². The molecule has 0 radical (unpaired) electrons. The summed E-state index contributed by atoms with van der Waals surface area (Å²) < 4.78 is 0. The molecule has 2 aromatic rings. The molecular weight excluding hydrogens is 402 g/mol. The van der Waals surface area contributed by atoms with E-state index in [2.05, 4.69) is 5.16 Å². The van der Waals surface area contributed by atoms with Gasteiger partial charge in [-0.2, -0.15) is 5.06 Å². The maximum Gasteiger partial charge on any atom is 0.365 e.